The summed E-state index contributed by atoms with van der Waals surface area (Å²) in [6.45, 7) is 6.13. The van der Waals surface area contributed by atoms with Crippen LogP contribution in [0.4, 0.5) is 4.79 Å². The molecule has 0 aromatic heterocycles. The predicted octanol–water partition coefficient (Wildman–Crippen LogP) is 5.46. The molecule has 4 rings (SSSR count). The Morgan fingerprint density at radius 2 is 1.56 bits per heavy atom. The fraction of sp³-hybridized carbons (Fsp3) is 0.571. The lowest BCUT2D eigenvalue weighted by Gasteiger charge is -2.51. The van der Waals surface area contributed by atoms with E-state index in [1.165, 1.54) is 31.2 Å². The number of rotatable bonds is 16. The quantitative estimate of drug-likeness (QED) is 0.254. The van der Waals surface area contributed by atoms with Crippen molar-refractivity contribution in [3.8, 4) is 0 Å². The van der Waals surface area contributed by atoms with Crippen LogP contribution >= 0.6 is 0 Å². The van der Waals surface area contributed by atoms with Gasteiger partial charge in [-0.1, -0.05) is 80.4 Å². The van der Waals surface area contributed by atoms with Crippen LogP contribution < -0.4 is 10.6 Å². The zero-order valence-electron chi connectivity index (χ0n) is 25.9. The highest BCUT2D eigenvalue weighted by atomic mass is 16.5. The van der Waals surface area contributed by atoms with Crippen molar-refractivity contribution in [1.82, 2.24) is 20.4 Å². The molecule has 2 aromatic carbocycles. The molecule has 2 heterocycles. The molecule has 2 aromatic rings. The third-order valence-corrected chi connectivity index (χ3v) is 8.87. The molecule has 0 radical (unpaired) electrons. The average molecular weight is 591 g/mol. The first-order valence-electron chi connectivity index (χ1n) is 16.3. The van der Waals surface area contributed by atoms with E-state index in [2.05, 4.69) is 52.8 Å². The minimum atomic E-state index is -0.722. The molecule has 2 saturated heterocycles. The topological polar surface area (TPSA) is 91.0 Å². The number of benzene rings is 2. The normalized spacial score (nSPS) is 18.4. The second-order valence-electron chi connectivity index (χ2n) is 12.0. The predicted molar refractivity (Wildman–Crippen MR) is 169 cm³/mol. The van der Waals surface area contributed by atoms with E-state index in [0.29, 0.717) is 38.8 Å². The highest BCUT2D eigenvalue weighted by Crippen LogP contribution is 2.34. The van der Waals surface area contributed by atoms with Crippen molar-refractivity contribution in [2.24, 2.45) is 0 Å². The lowest BCUT2D eigenvalue weighted by atomic mass is 9.81. The molecule has 234 valence electrons. The summed E-state index contributed by atoms with van der Waals surface area (Å²) in [7, 11) is 0. The molecule has 2 N–H and O–H groups in total. The van der Waals surface area contributed by atoms with Crippen LogP contribution in [0.1, 0.15) is 82.3 Å². The van der Waals surface area contributed by atoms with Crippen molar-refractivity contribution in [3.05, 3.63) is 71.8 Å². The van der Waals surface area contributed by atoms with E-state index < -0.39 is 17.7 Å². The van der Waals surface area contributed by atoms with Gasteiger partial charge in [-0.05, 0) is 75.5 Å². The Morgan fingerprint density at radius 1 is 0.884 bits per heavy atom. The van der Waals surface area contributed by atoms with Crippen LogP contribution in [0.2, 0.25) is 0 Å². The minimum absolute atomic E-state index is 0.00808. The SMILES string of the molecule is CCCN1C(=O)C(CCCCNC(=O)OCc2ccccc2)NC(=O)C12CCN(CCCCCCc1ccccc1)CC2. The van der Waals surface area contributed by atoms with Crippen molar-refractivity contribution in [2.45, 2.75) is 95.7 Å². The summed E-state index contributed by atoms with van der Waals surface area (Å²) in [5.74, 6) is 0.0530. The number of carbonyl (C=O) groups is 3. The van der Waals surface area contributed by atoms with E-state index in [4.69, 9.17) is 4.74 Å². The second kappa shape index (κ2) is 17.0. The number of nitrogens with one attached hydrogen (secondary N) is 2. The molecular weight excluding hydrogens is 540 g/mol. The number of aryl methyl sites for hydroxylation is 1. The number of carbonyl (C=O) groups excluding carboxylic acids is 3. The maximum atomic E-state index is 13.6. The molecule has 1 atom stereocenters. The van der Waals surface area contributed by atoms with E-state index in [-0.39, 0.29) is 18.4 Å². The van der Waals surface area contributed by atoms with Crippen LogP contribution in [0.3, 0.4) is 0 Å². The maximum Gasteiger partial charge on any atom is 0.407 e. The smallest absolute Gasteiger partial charge is 0.407 e. The van der Waals surface area contributed by atoms with Gasteiger partial charge < -0.3 is 25.2 Å². The number of likely N-dealkylation sites (tertiary alicyclic amines) is 1. The third kappa shape index (κ3) is 9.55. The molecule has 2 aliphatic heterocycles. The first kappa shape index (κ1) is 32.5. The summed E-state index contributed by atoms with van der Waals surface area (Å²) in [5, 5.41) is 5.86. The Balaban J connectivity index is 1.14. The molecule has 2 fully saturated rings. The lowest BCUT2D eigenvalue weighted by Crippen LogP contribution is -2.72. The molecule has 1 spiro atoms. The molecule has 0 bridgehead atoms. The van der Waals surface area contributed by atoms with Gasteiger partial charge in [0.1, 0.15) is 18.2 Å². The van der Waals surface area contributed by atoms with Crippen LogP contribution in [-0.2, 0) is 27.4 Å². The molecule has 43 heavy (non-hydrogen) atoms. The van der Waals surface area contributed by atoms with Crippen molar-refractivity contribution in [3.63, 3.8) is 0 Å². The van der Waals surface area contributed by atoms with Gasteiger partial charge >= 0.3 is 6.09 Å². The number of piperazine rings is 1. The summed E-state index contributed by atoms with van der Waals surface area (Å²) in [6.07, 6.45) is 9.77. The number of amides is 3. The standard InChI is InChI=1S/C35H50N4O4/c1-2-24-39-32(40)31(20-12-13-23-36-34(42)43-28-30-18-10-6-11-19-30)37-33(41)35(39)21-26-38(27-22-35)25-14-4-3-7-15-29-16-8-5-9-17-29/h5-6,8-11,16-19,31H,2-4,7,12-15,20-28H2,1H3,(H,36,42)(H,37,41). The van der Waals surface area contributed by atoms with Crippen molar-refractivity contribution < 1.29 is 19.1 Å². The summed E-state index contributed by atoms with van der Waals surface area (Å²) < 4.78 is 5.25. The van der Waals surface area contributed by atoms with Crippen molar-refractivity contribution in [2.75, 3.05) is 32.7 Å². The van der Waals surface area contributed by atoms with Gasteiger partial charge in [0.05, 0.1) is 0 Å². The van der Waals surface area contributed by atoms with Gasteiger partial charge in [-0.25, -0.2) is 4.79 Å². The van der Waals surface area contributed by atoms with E-state index in [9.17, 15) is 14.4 Å². The number of hydrogen-bond donors (Lipinski definition) is 2. The Labute approximate surface area is 257 Å². The zero-order valence-corrected chi connectivity index (χ0v) is 25.9. The maximum absolute atomic E-state index is 13.6. The van der Waals surface area contributed by atoms with Crippen LogP contribution in [0.5, 0.6) is 0 Å². The largest absolute Gasteiger partial charge is 0.445 e. The highest BCUT2D eigenvalue weighted by Gasteiger charge is 2.52. The van der Waals surface area contributed by atoms with Gasteiger partial charge in [0, 0.05) is 26.2 Å². The third-order valence-electron chi connectivity index (χ3n) is 8.87. The molecule has 0 aliphatic carbocycles. The number of ether oxygens (including phenoxy) is 1. The van der Waals surface area contributed by atoms with Crippen LogP contribution in [0.15, 0.2) is 60.7 Å². The van der Waals surface area contributed by atoms with Crippen LogP contribution in [-0.4, -0.2) is 72.0 Å². The van der Waals surface area contributed by atoms with E-state index >= 15 is 0 Å². The fourth-order valence-corrected chi connectivity index (χ4v) is 6.36. The number of hydrogen-bond acceptors (Lipinski definition) is 5. The van der Waals surface area contributed by atoms with Crippen molar-refractivity contribution in [1.29, 1.82) is 0 Å². The van der Waals surface area contributed by atoms with Gasteiger partial charge in [0.2, 0.25) is 11.8 Å². The molecule has 3 amide bonds. The van der Waals surface area contributed by atoms with Crippen LogP contribution in [0, 0.1) is 0 Å². The van der Waals surface area contributed by atoms with Crippen LogP contribution in [0.25, 0.3) is 0 Å². The van der Waals surface area contributed by atoms with Crippen molar-refractivity contribution >= 4 is 17.9 Å². The lowest BCUT2D eigenvalue weighted by molar-refractivity contribution is -0.161. The van der Waals surface area contributed by atoms with E-state index in [0.717, 1.165) is 44.5 Å². The van der Waals surface area contributed by atoms with Gasteiger partial charge in [0.15, 0.2) is 0 Å². The molecule has 8 nitrogen and oxygen atoms in total. The molecule has 2 aliphatic rings. The monoisotopic (exact) mass is 590 g/mol. The average Bonchev–Trinajstić information content (AvgIpc) is 3.04. The van der Waals surface area contributed by atoms with Gasteiger partial charge in [-0.15, -0.1) is 0 Å². The summed E-state index contributed by atoms with van der Waals surface area (Å²) in [4.78, 5) is 43.5. The Hall–Kier alpha value is -3.39. The molecule has 8 heteroatoms. The summed E-state index contributed by atoms with van der Waals surface area (Å²) in [6, 6.07) is 19.7. The summed E-state index contributed by atoms with van der Waals surface area (Å²) in [5.41, 5.74) is 1.63. The molecular formula is C35H50N4O4. The number of piperidine rings is 1. The van der Waals surface area contributed by atoms with Gasteiger partial charge in [0.25, 0.3) is 0 Å². The molecule has 0 saturated carbocycles. The number of nitrogens with zero attached hydrogens (tertiary/aromatic N) is 2. The fourth-order valence-electron chi connectivity index (χ4n) is 6.36. The van der Waals surface area contributed by atoms with E-state index in [1.807, 2.05) is 35.2 Å². The summed E-state index contributed by atoms with van der Waals surface area (Å²) >= 11 is 0. The van der Waals surface area contributed by atoms with E-state index in [1.54, 1.807) is 0 Å². The van der Waals surface area contributed by atoms with Gasteiger partial charge in [-0.2, -0.15) is 0 Å². The first-order chi connectivity index (χ1) is 21.0. The highest BCUT2D eigenvalue weighted by molar-refractivity contribution is 6.00. The Kier molecular flexibility index (Phi) is 12.9. The second-order valence-corrected chi connectivity index (χ2v) is 12.0. The first-order valence-corrected chi connectivity index (χ1v) is 16.3. The number of unbranched alkanes of at least 4 members (excludes halogenated alkanes) is 4. The number of alkyl carbamates (subject to hydrolysis) is 1. The Morgan fingerprint density at radius 3 is 2.26 bits per heavy atom. The minimum Gasteiger partial charge on any atom is -0.445 e. The Bertz CT molecular complexity index is 1140. The molecule has 1 unspecified atom stereocenters. The van der Waals surface area contributed by atoms with Gasteiger partial charge in [-0.3, -0.25) is 9.59 Å². The zero-order chi connectivity index (χ0) is 30.3.